The maximum absolute atomic E-state index is 13.5. The van der Waals surface area contributed by atoms with Gasteiger partial charge in [0.05, 0.1) is 5.56 Å². The van der Waals surface area contributed by atoms with E-state index in [-0.39, 0.29) is 16.8 Å². The summed E-state index contributed by atoms with van der Waals surface area (Å²) in [5.41, 5.74) is -0.365. The first-order chi connectivity index (χ1) is 8.09. The molecule has 0 fully saturated rings. The van der Waals surface area contributed by atoms with E-state index in [1.807, 2.05) is 0 Å². The second-order valence-corrected chi connectivity index (χ2v) is 3.33. The van der Waals surface area contributed by atoms with E-state index in [4.69, 9.17) is 5.11 Å². The van der Waals surface area contributed by atoms with Crippen molar-refractivity contribution in [2.75, 3.05) is 0 Å². The lowest BCUT2D eigenvalue weighted by Gasteiger charge is -2.05. The standard InChI is InChI=1S/C12H7F2NO2/c13-8-2-1-3-9(14)11(8)7-4-5-15-10(6-7)12(16)17/h1-6H,(H,16,17). The number of hydrogen-bond acceptors (Lipinski definition) is 2. The lowest BCUT2D eigenvalue weighted by atomic mass is 10.0. The van der Waals surface area contributed by atoms with Crippen LogP contribution in [-0.2, 0) is 0 Å². The average Bonchev–Trinajstić information content (AvgIpc) is 2.29. The topological polar surface area (TPSA) is 50.2 Å². The molecule has 0 aliphatic heterocycles. The molecule has 1 aromatic heterocycles. The molecule has 0 amide bonds. The van der Waals surface area contributed by atoms with Crippen molar-refractivity contribution in [1.82, 2.24) is 4.98 Å². The van der Waals surface area contributed by atoms with Gasteiger partial charge in [-0.15, -0.1) is 0 Å². The van der Waals surface area contributed by atoms with Crippen molar-refractivity contribution in [2.24, 2.45) is 0 Å². The summed E-state index contributed by atoms with van der Waals surface area (Å²) in [5.74, 6) is -2.73. The van der Waals surface area contributed by atoms with Crippen molar-refractivity contribution >= 4 is 5.97 Å². The van der Waals surface area contributed by atoms with Gasteiger partial charge >= 0.3 is 5.97 Å². The molecule has 2 aromatic rings. The van der Waals surface area contributed by atoms with Crippen LogP contribution in [0.5, 0.6) is 0 Å². The van der Waals surface area contributed by atoms with Crippen LogP contribution in [0.3, 0.4) is 0 Å². The van der Waals surface area contributed by atoms with Gasteiger partial charge in [0, 0.05) is 6.20 Å². The number of hydrogen-bond donors (Lipinski definition) is 1. The highest BCUT2D eigenvalue weighted by Gasteiger charge is 2.13. The Morgan fingerprint density at radius 2 is 1.82 bits per heavy atom. The van der Waals surface area contributed by atoms with E-state index in [9.17, 15) is 13.6 Å². The zero-order valence-electron chi connectivity index (χ0n) is 8.52. The third-order valence-corrected chi connectivity index (χ3v) is 2.23. The molecule has 0 radical (unpaired) electrons. The summed E-state index contributed by atoms with van der Waals surface area (Å²) in [6.07, 6.45) is 1.20. The molecular formula is C12H7F2NO2. The van der Waals surface area contributed by atoms with Crippen molar-refractivity contribution in [3.63, 3.8) is 0 Å². The molecule has 3 nitrogen and oxygen atoms in total. The Bertz CT molecular complexity index is 564. The molecule has 5 heteroatoms. The van der Waals surface area contributed by atoms with Crippen LogP contribution in [-0.4, -0.2) is 16.1 Å². The van der Waals surface area contributed by atoms with E-state index >= 15 is 0 Å². The first-order valence-corrected chi connectivity index (χ1v) is 4.73. The number of aromatic carboxylic acids is 1. The van der Waals surface area contributed by atoms with Crippen LogP contribution in [0.25, 0.3) is 11.1 Å². The summed E-state index contributed by atoms with van der Waals surface area (Å²) >= 11 is 0. The van der Waals surface area contributed by atoms with E-state index in [1.54, 1.807) is 0 Å². The van der Waals surface area contributed by atoms with Crippen LogP contribution < -0.4 is 0 Å². The highest BCUT2D eigenvalue weighted by molar-refractivity contribution is 5.87. The molecule has 86 valence electrons. The van der Waals surface area contributed by atoms with Gasteiger partial charge in [0.1, 0.15) is 17.3 Å². The van der Waals surface area contributed by atoms with Gasteiger partial charge < -0.3 is 5.11 Å². The fourth-order valence-corrected chi connectivity index (χ4v) is 1.48. The summed E-state index contributed by atoms with van der Waals surface area (Å²) < 4.78 is 26.9. The van der Waals surface area contributed by atoms with Crippen LogP contribution in [0, 0.1) is 11.6 Å². The summed E-state index contributed by atoms with van der Waals surface area (Å²) in [7, 11) is 0. The van der Waals surface area contributed by atoms with E-state index < -0.39 is 17.6 Å². The highest BCUT2D eigenvalue weighted by Crippen LogP contribution is 2.25. The lowest BCUT2D eigenvalue weighted by Crippen LogP contribution is -2.00. The summed E-state index contributed by atoms with van der Waals surface area (Å²) in [5, 5.41) is 8.74. The van der Waals surface area contributed by atoms with Gasteiger partial charge in [0.15, 0.2) is 0 Å². The van der Waals surface area contributed by atoms with Crippen molar-refractivity contribution in [2.45, 2.75) is 0 Å². The van der Waals surface area contributed by atoms with Gasteiger partial charge in [-0.1, -0.05) is 6.07 Å². The van der Waals surface area contributed by atoms with Gasteiger partial charge in [0.2, 0.25) is 0 Å². The Labute approximate surface area is 95.4 Å². The molecule has 1 N–H and O–H groups in total. The molecule has 0 unspecified atom stereocenters. The second-order valence-electron chi connectivity index (χ2n) is 3.33. The van der Waals surface area contributed by atoms with Crippen molar-refractivity contribution < 1.29 is 18.7 Å². The number of nitrogens with zero attached hydrogens (tertiary/aromatic N) is 1. The zero-order chi connectivity index (χ0) is 12.4. The van der Waals surface area contributed by atoms with Crippen LogP contribution in [0.1, 0.15) is 10.5 Å². The molecule has 0 bridgehead atoms. The number of pyridine rings is 1. The second kappa shape index (κ2) is 4.29. The number of rotatable bonds is 2. The van der Waals surface area contributed by atoms with Crippen LogP contribution in [0.15, 0.2) is 36.5 Å². The van der Waals surface area contributed by atoms with Gasteiger partial charge in [-0.25, -0.2) is 18.6 Å². The fraction of sp³-hybridized carbons (Fsp3) is 0. The summed E-state index contributed by atoms with van der Waals surface area (Å²) in [6.45, 7) is 0. The third-order valence-electron chi connectivity index (χ3n) is 2.23. The minimum atomic E-state index is -1.25. The predicted octanol–water partition coefficient (Wildman–Crippen LogP) is 2.73. The number of halogens is 2. The Morgan fingerprint density at radius 3 is 2.41 bits per heavy atom. The van der Waals surface area contributed by atoms with Crippen molar-refractivity contribution in [1.29, 1.82) is 0 Å². The predicted molar refractivity (Wildman–Crippen MR) is 56.5 cm³/mol. The molecule has 1 heterocycles. The first-order valence-electron chi connectivity index (χ1n) is 4.73. The molecular weight excluding hydrogens is 228 g/mol. The molecule has 17 heavy (non-hydrogen) atoms. The monoisotopic (exact) mass is 235 g/mol. The fourth-order valence-electron chi connectivity index (χ4n) is 1.48. The number of carbonyl (C=O) groups is 1. The molecule has 0 aliphatic carbocycles. The number of aromatic nitrogens is 1. The molecule has 0 saturated carbocycles. The Kier molecular flexibility index (Phi) is 2.82. The molecule has 1 aromatic carbocycles. The van der Waals surface area contributed by atoms with E-state index in [2.05, 4.69) is 4.98 Å². The van der Waals surface area contributed by atoms with Gasteiger partial charge in [-0.2, -0.15) is 0 Å². The van der Waals surface area contributed by atoms with E-state index in [1.165, 1.54) is 18.3 Å². The number of carboxylic acids is 1. The van der Waals surface area contributed by atoms with Gasteiger partial charge in [-0.3, -0.25) is 0 Å². The quantitative estimate of drug-likeness (QED) is 0.870. The van der Waals surface area contributed by atoms with Gasteiger partial charge in [0.25, 0.3) is 0 Å². The Morgan fingerprint density at radius 1 is 1.18 bits per heavy atom. The van der Waals surface area contributed by atoms with E-state index in [0.29, 0.717) is 0 Å². The maximum Gasteiger partial charge on any atom is 0.354 e. The Balaban J connectivity index is 2.61. The summed E-state index contributed by atoms with van der Waals surface area (Å²) in [6, 6.07) is 5.95. The van der Waals surface area contributed by atoms with Crippen LogP contribution >= 0.6 is 0 Å². The average molecular weight is 235 g/mol. The molecule has 0 atom stereocenters. The highest BCUT2D eigenvalue weighted by atomic mass is 19.1. The molecule has 0 spiro atoms. The minimum absolute atomic E-state index is 0.146. The normalized spacial score (nSPS) is 10.2. The van der Waals surface area contributed by atoms with Crippen LogP contribution in [0.2, 0.25) is 0 Å². The maximum atomic E-state index is 13.5. The largest absolute Gasteiger partial charge is 0.477 e. The third kappa shape index (κ3) is 2.13. The van der Waals surface area contributed by atoms with E-state index in [0.717, 1.165) is 18.2 Å². The smallest absolute Gasteiger partial charge is 0.354 e. The Hall–Kier alpha value is -2.30. The number of carboxylic acid groups (broad SMARTS) is 1. The van der Waals surface area contributed by atoms with Gasteiger partial charge in [-0.05, 0) is 29.8 Å². The zero-order valence-corrected chi connectivity index (χ0v) is 8.52. The van der Waals surface area contributed by atoms with Crippen molar-refractivity contribution in [3.8, 4) is 11.1 Å². The SMILES string of the molecule is O=C(O)c1cc(-c2c(F)cccc2F)ccn1. The molecule has 0 saturated heterocycles. The molecule has 0 aliphatic rings. The van der Waals surface area contributed by atoms with Crippen LogP contribution in [0.4, 0.5) is 8.78 Å². The minimum Gasteiger partial charge on any atom is -0.477 e. The first kappa shape index (κ1) is 11.2. The summed E-state index contributed by atoms with van der Waals surface area (Å²) in [4.78, 5) is 14.3. The molecule has 2 rings (SSSR count). The lowest BCUT2D eigenvalue weighted by molar-refractivity contribution is 0.0690. The number of benzene rings is 1. The van der Waals surface area contributed by atoms with Crippen molar-refractivity contribution in [3.05, 3.63) is 53.9 Å².